The predicted octanol–water partition coefficient (Wildman–Crippen LogP) is 2.25. The number of nitrogens with one attached hydrogen (secondary N) is 1. The molecule has 4 nitrogen and oxygen atoms in total. The average Bonchev–Trinajstić information content (AvgIpc) is 2.48. The van der Waals surface area contributed by atoms with E-state index in [0.717, 1.165) is 38.0 Å². The Labute approximate surface area is 127 Å². The molecule has 21 heavy (non-hydrogen) atoms. The lowest BCUT2D eigenvalue weighted by atomic mass is 9.91. The third-order valence-corrected chi connectivity index (χ3v) is 4.39. The first kappa shape index (κ1) is 16.0. The summed E-state index contributed by atoms with van der Waals surface area (Å²) >= 11 is 0. The van der Waals surface area contributed by atoms with E-state index in [9.17, 15) is 4.79 Å². The highest BCUT2D eigenvalue weighted by Gasteiger charge is 2.22. The number of likely N-dealkylation sites (tertiary alicyclic amines) is 1. The first-order valence-electron chi connectivity index (χ1n) is 7.95. The first-order chi connectivity index (χ1) is 10.1. The lowest BCUT2D eigenvalue weighted by molar-refractivity contribution is -0.117. The molecule has 0 saturated carbocycles. The molecule has 1 aromatic carbocycles. The van der Waals surface area contributed by atoms with E-state index in [0.29, 0.717) is 12.5 Å². The maximum absolute atomic E-state index is 12.1. The smallest absolute Gasteiger partial charge is 0.238 e. The number of rotatable bonds is 5. The van der Waals surface area contributed by atoms with E-state index < -0.39 is 0 Å². The summed E-state index contributed by atoms with van der Waals surface area (Å²) < 4.78 is 0. The van der Waals surface area contributed by atoms with Gasteiger partial charge in [0.05, 0.1) is 6.54 Å². The maximum Gasteiger partial charge on any atom is 0.238 e. The molecule has 116 valence electrons. The molecule has 0 aliphatic carbocycles. The molecular formula is C17H27N3O. The molecule has 4 heteroatoms. The molecular weight excluding hydrogens is 262 g/mol. The Bertz CT molecular complexity index is 448. The van der Waals surface area contributed by atoms with Crippen LogP contribution >= 0.6 is 0 Å². The van der Waals surface area contributed by atoms with Crippen molar-refractivity contribution in [2.24, 2.45) is 11.7 Å². The minimum atomic E-state index is 0.0681. The van der Waals surface area contributed by atoms with Crippen LogP contribution in [0.1, 0.15) is 32.3 Å². The molecule has 1 amide bonds. The van der Waals surface area contributed by atoms with Crippen LogP contribution in [0.3, 0.4) is 0 Å². The highest BCUT2D eigenvalue weighted by atomic mass is 16.2. The quantitative estimate of drug-likeness (QED) is 0.874. The Morgan fingerprint density at radius 2 is 1.95 bits per heavy atom. The summed E-state index contributed by atoms with van der Waals surface area (Å²) in [5.74, 6) is 0.671. The summed E-state index contributed by atoms with van der Waals surface area (Å²) in [5, 5.41) is 2.97. The van der Waals surface area contributed by atoms with Crippen LogP contribution in [0.4, 0.5) is 5.69 Å². The molecule has 1 aliphatic heterocycles. The fourth-order valence-corrected chi connectivity index (χ4v) is 2.86. The molecule has 0 aromatic heterocycles. The number of hydrogen-bond acceptors (Lipinski definition) is 3. The number of anilines is 1. The molecule has 3 N–H and O–H groups in total. The fourth-order valence-electron chi connectivity index (χ4n) is 2.86. The predicted molar refractivity (Wildman–Crippen MR) is 87.3 cm³/mol. The lowest BCUT2D eigenvalue weighted by Crippen LogP contribution is -2.42. The molecule has 2 rings (SSSR count). The number of piperidine rings is 1. The molecule has 1 aliphatic rings. The maximum atomic E-state index is 12.1. The first-order valence-corrected chi connectivity index (χ1v) is 7.95. The largest absolute Gasteiger partial charge is 0.328 e. The van der Waals surface area contributed by atoms with Gasteiger partial charge in [0.2, 0.25) is 5.91 Å². The second kappa shape index (κ2) is 7.57. The van der Waals surface area contributed by atoms with Crippen LogP contribution in [0.25, 0.3) is 0 Å². The number of amides is 1. The van der Waals surface area contributed by atoms with Crippen molar-refractivity contribution in [3.8, 4) is 0 Å². The number of carbonyl (C=O) groups excluding carboxylic acids is 1. The highest BCUT2D eigenvalue weighted by molar-refractivity contribution is 5.92. The third kappa shape index (κ3) is 4.83. The van der Waals surface area contributed by atoms with Crippen molar-refractivity contribution in [3.63, 3.8) is 0 Å². The molecule has 0 bridgehead atoms. The lowest BCUT2D eigenvalue weighted by Gasteiger charge is -2.33. The van der Waals surface area contributed by atoms with E-state index >= 15 is 0 Å². The van der Waals surface area contributed by atoms with Gasteiger partial charge in [-0.05, 0) is 62.9 Å². The summed E-state index contributed by atoms with van der Waals surface area (Å²) in [7, 11) is 0. The SMILES string of the molecule is CCc1ccc(NC(=O)CN2CCC(C(C)N)CC2)cc1. The number of nitrogens with two attached hydrogens (primary N) is 1. The Balaban J connectivity index is 1.77. The summed E-state index contributed by atoms with van der Waals surface area (Å²) in [4.78, 5) is 14.3. The van der Waals surface area contributed by atoms with Crippen LogP contribution in [-0.4, -0.2) is 36.5 Å². The van der Waals surface area contributed by atoms with Gasteiger partial charge in [-0.3, -0.25) is 9.69 Å². The van der Waals surface area contributed by atoms with Crippen molar-refractivity contribution < 1.29 is 4.79 Å². The zero-order valence-electron chi connectivity index (χ0n) is 13.1. The van der Waals surface area contributed by atoms with Gasteiger partial charge in [-0.15, -0.1) is 0 Å². The van der Waals surface area contributed by atoms with Crippen LogP contribution in [0.15, 0.2) is 24.3 Å². The standard InChI is InChI=1S/C17H27N3O/c1-3-14-4-6-16(7-5-14)19-17(21)12-20-10-8-15(9-11-20)13(2)18/h4-7,13,15H,3,8-12,18H2,1-2H3,(H,19,21). The Kier molecular flexibility index (Phi) is 5.76. The van der Waals surface area contributed by atoms with Crippen molar-refractivity contribution >= 4 is 11.6 Å². The Morgan fingerprint density at radius 1 is 1.33 bits per heavy atom. The van der Waals surface area contributed by atoms with Crippen LogP contribution < -0.4 is 11.1 Å². The molecule has 1 unspecified atom stereocenters. The normalized spacial score (nSPS) is 18.4. The molecule has 0 radical (unpaired) electrons. The van der Waals surface area contributed by atoms with E-state index in [2.05, 4.69) is 36.2 Å². The molecule has 1 saturated heterocycles. The zero-order chi connectivity index (χ0) is 15.2. The number of benzene rings is 1. The van der Waals surface area contributed by atoms with Gasteiger partial charge in [-0.25, -0.2) is 0 Å². The van der Waals surface area contributed by atoms with E-state index in [1.54, 1.807) is 0 Å². The number of aryl methyl sites for hydroxylation is 1. The molecule has 1 atom stereocenters. The number of carbonyl (C=O) groups is 1. The van der Waals surface area contributed by atoms with Gasteiger partial charge in [0.15, 0.2) is 0 Å². The van der Waals surface area contributed by atoms with Gasteiger partial charge < -0.3 is 11.1 Å². The van der Waals surface area contributed by atoms with Crippen LogP contribution in [0, 0.1) is 5.92 Å². The van der Waals surface area contributed by atoms with Crippen molar-refractivity contribution in [2.45, 2.75) is 39.2 Å². The van der Waals surface area contributed by atoms with E-state index in [-0.39, 0.29) is 11.9 Å². The fraction of sp³-hybridized carbons (Fsp3) is 0.588. The van der Waals surface area contributed by atoms with Gasteiger partial charge in [-0.2, -0.15) is 0 Å². The van der Waals surface area contributed by atoms with Gasteiger partial charge in [0.1, 0.15) is 0 Å². The van der Waals surface area contributed by atoms with Crippen molar-refractivity contribution in [2.75, 3.05) is 25.0 Å². The van der Waals surface area contributed by atoms with Gasteiger partial charge >= 0.3 is 0 Å². The van der Waals surface area contributed by atoms with Gasteiger partial charge in [0, 0.05) is 11.7 Å². The highest BCUT2D eigenvalue weighted by Crippen LogP contribution is 2.19. The van der Waals surface area contributed by atoms with Crippen LogP contribution in [-0.2, 0) is 11.2 Å². The summed E-state index contributed by atoms with van der Waals surface area (Å²) in [6.07, 6.45) is 3.20. The Hall–Kier alpha value is -1.39. The van der Waals surface area contributed by atoms with E-state index in [1.165, 1.54) is 5.56 Å². The molecule has 0 spiro atoms. The van der Waals surface area contributed by atoms with Gasteiger partial charge in [-0.1, -0.05) is 19.1 Å². The summed E-state index contributed by atoms with van der Waals surface area (Å²) in [6, 6.07) is 8.32. The minimum Gasteiger partial charge on any atom is -0.328 e. The summed E-state index contributed by atoms with van der Waals surface area (Å²) in [6.45, 7) is 6.61. The second-order valence-electron chi connectivity index (χ2n) is 6.07. The Morgan fingerprint density at radius 3 is 2.48 bits per heavy atom. The topological polar surface area (TPSA) is 58.4 Å². The molecule has 1 aromatic rings. The van der Waals surface area contributed by atoms with E-state index in [4.69, 9.17) is 5.73 Å². The average molecular weight is 289 g/mol. The second-order valence-corrected chi connectivity index (χ2v) is 6.07. The third-order valence-electron chi connectivity index (χ3n) is 4.39. The van der Waals surface area contributed by atoms with Crippen molar-refractivity contribution in [3.05, 3.63) is 29.8 Å². The summed E-state index contributed by atoms with van der Waals surface area (Å²) in [5.41, 5.74) is 8.10. The molecule has 1 fully saturated rings. The van der Waals surface area contributed by atoms with Crippen LogP contribution in [0.2, 0.25) is 0 Å². The zero-order valence-corrected chi connectivity index (χ0v) is 13.1. The minimum absolute atomic E-state index is 0.0681. The van der Waals surface area contributed by atoms with Gasteiger partial charge in [0.25, 0.3) is 0 Å². The van der Waals surface area contributed by atoms with Crippen LogP contribution in [0.5, 0.6) is 0 Å². The van der Waals surface area contributed by atoms with Crippen molar-refractivity contribution in [1.29, 1.82) is 0 Å². The monoisotopic (exact) mass is 289 g/mol. The molecule has 1 heterocycles. The number of nitrogens with zero attached hydrogens (tertiary/aromatic N) is 1. The van der Waals surface area contributed by atoms with Crippen molar-refractivity contribution in [1.82, 2.24) is 4.90 Å². The number of hydrogen-bond donors (Lipinski definition) is 2. The van der Waals surface area contributed by atoms with E-state index in [1.807, 2.05) is 12.1 Å².